The largest absolute Gasteiger partial charge is 0.493 e. The highest BCUT2D eigenvalue weighted by molar-refractivity contribution is 5.86. The minimum Gasteiger partial charge on any atom is -0.493 e. The van der Waals surface area contributed by atoms with E-state index in [1.165, 1.54) is 58.0 Å². The molecule has 1 aromatic heterocycles. The molecule has 35 heavy (non-hydrogen) atoms. The quantitative estimate of drug-likeness (QED) is 0.450. The predicted octanol–water partition coefficient (Wildman–Crippen LogP) is 5.33. The van der Waals surface area contributed by atoms with Crippen LogP contribution in [0.4, 0.5) is 0 Å². The van der Waals surface area contributed by atoms with Gasteiger partial charge in [0.2, 0.25) is 0 Å². The van der Waals surface area contributed by atoms with Crippen molar-refractivity contribution in [2.45, 2.75) is 70.4 Å². The molecule has 2 atom stereocenters. The van der Waals surface area contributed by atoms with Gasteiger partial charge in [0.05, 0.1) is 24.0 Å². The molecule has 2 saturated carbocycles. The van der Waals surface area contributed by atoms with E-state index in [1.807, 2.05) is 0 Å². The normalized spacial score (nSPS) is 23.4. The van der Waals surface area contributed by atoms with Gasteiger partial charge in [-0.2, -0.15) is 0 Å². The third-order valence-corrected chi connectivity index (χ3v) is 8.03. The van der Waals surface area contributed by atoms with Gasteiger partial charge in [0.15, 0.2) is 5.58 Å². The van der Waals surface area contributed by atoms with E-state index in [2.05, 4.69) is 41.2 Å². The van der Waals surface area contributed by atoms with Crippen LogP contribution >= 0.6 is 24.8 Å². The Kier molecular flexibility index (Phi) is 10.6. The van der Waals surface area contributed by atoms with Crippen LogP contribution in [0, 0.1) is 17.8 Å². The van der Waals surface area contributed by atoms with E-state index in [0.717, 1.165) is 72.3 Å². The van der Waals surface area contributed by atoms with Gasteiger partial charge in [0.25, 0.3) is 0 Å². The van der Waals surface area contributed by atoms with E-state index in [-0.39, 0.29) is 30.9 Å². The number of hydrogen-bond donors (Lipinski definition) is 1. The van der Waals surface area contributed by atoms with Crippen LogP contribution in [-0.2, 0) is 13.0 Å². The number of benzene rings is 1. The standard InChI is InChI=1S/C27H41N3O3.2ClH/c1-29(2)17-23-26(32-18-20-6-7-20)11-9-22-24(28-33-27(22)23)10-8-19-12-14-30(15-13-19)16-21-4-3-5-25(21)31;;/h9,11,19-21,25,31H,3-8,10,12-18H2,1-2H3;2*1H. The smallest absolute Gasteiger partial charge is 0.175 e. The van der Waals surface area contributed by atoms with Gasteiger partial charge in [0.1, 0.15) is 5.75 Å². The predicted molar refractivity (Wildman–Crippen MR) is 145 cm³/mol. The summed E-state index contributed by atoms with van der Waals surface area (Å²) in [5, 5.41) is 15.8. The molecule has 0 spiro atoms. The van der Waals surface area contributed by atoms with Gasteiger partial charge in [-0.05, 0) is 108 Å². The second-order valence-electron chi connectivity index (χ2n) is 11.1. The lowest BCUT2D eigenvalue weighted by atomic mass is 9.90. The monoisotopic (exact) mass is 527 g/mol. The van der Waals surface area contributed by atoms with Gasteiger partial charge >= 0.3 is 0 Å². The first-order valence-corrected chi connectivity index (χ1v) is 13.1. The fraction of sp³-hybridized carbons (Fsp3) is 0.741. The third-order valence-electron chi connectivity index (χ3n) is 8.03. The van der Waals surface area contributed by atoms with Gasteiger partial charge in [0, 0.05) is 18.5 Å². The van der Waals surface area contributed by atoms with E-state index in [9.17, 15) is 5.11 Å². The summed E-state index contributed by atoms with van der Waals surface area (Å²) in [4.78, 5) is 4.75. The third kappa shape index (κ3) is 7.26. The molecule has 3 fully saturated rings. The van der Waals surface area contributed by atoms with Crippen molar-refractivity contribution in [2.75, 3.05) is 40.3 Å². The molecule has 0 radical (unpaired) electrons. The molecule has 1 N–H and O–H groups in total. The van der Waals surface area contributed by atoms with Gasteiger partial charge in [-0.3, -0.25) is 0 Å². The van der Waals surface area contributed by atoms with Crippen molar-refractivity contribution in [3.8, 4) is 5.75 Å². The Balaban J connectivity index is 0.00000171. The van der Waals surface area contributed by atoms with E-state index in [1.54, 1.807) is 0 Å². The molecule has 198 valence electrons. The van der Waals surface area contributed by atoms with E-state index in [4.69, 9.17) is 9.26 Å². The van der Waals surface area contributed by atoms with Crippen molar-refractivity contribution in [1.29, 1.82) is 0 Å². The number of ether oxygens (including phenoxy) is 1. The van der Waals surface area contributed by atoms with Crippen molar-refractivity contribution < 1.29 is 14.4 Å². The lowest BCUT2D eigenvalue weighted by Gasteiger charge is -2.34. The van der Waals surface area contributed by atoms with Crippen LogP contribution in [0.5, 0.6) is 5.75 Å². The second kappa shape index (κ2) is 13.0. The highest BCUT2D eigenvalue weighted by Gasteiger charge is 2.29. The summed E-state index contributed by atoms with van der Waals surface area (Å²) in [6, 6.07) is 4.28. The number of halogens is 2. The summed E-state index contributed by atoms with van der Waals surface area (Å²) < 4.78 is 12.1. The van der Waals surface area contributed by atoms with Crippen LogP contribution in [0.25, 0.3) is 11.0 Å². The number of aryl methyl sites for hydroxylation is 1. The molecular weight excluding hydrogens is 485 g/mol. The minimum absolute atomic E-state index is 0. The summed E-state index contributed by atoms with van der Waals surface area (Å²) in [5.41, 5.74) is 3.12. The lowest BCUT2D eigenvalue weighted by molar-refractivity contribution is 0.0859. The van der Waals surface area contributed by atoms with Gasteiger partial charge in [-0.25, -0.2) is 0 Å². The molecule has 2 aromatic rings. The molecule has 5 rings (SSSR count). The Bertz CT molecular complexity index is 926. The Morgan fingerprint density at radius 3 is 2.49 bits per heavy atom. The Hall–Kier alpha value is -1.05. The van der Waals surface area contributed by atoms with Crippen molar-refractivity contribution in [3.05, 3.63) is 23.4 Å². The summed E-state index contributed by atoms with van der Waals surface area (Å²) in [6.45, 7) is 5.03. The van der Waals surface area contributed by atoms with Crippen molar-refractivity contribution in [3.63, 3.8) is 0 Å². The van der Waals surface area contributed by atoms with Gasteiger partial charge in [-0.15, -0.1) is 24.8 Å². The molecule has 8 heteroatoms. The van der Waals surface area contributed by atoms with Gasteiger partial charge in [-0.1, -0.05) is 11.6 Å². The number of aliphatic hydroxyl groups excluding tert-OH is 1. The maximum atomic E-state index is 10.1. The Morgan fingerprint density at radius 2 is 1.83 bits per heavy atom. The minimum atomic E-state index is -0.0693. The molecule has 2 heterocycles. The molecule has 0 amide bonds. The van der Waals surface area contributed by atoms with Crippen LogP contribution in [0.1, 0.15) is 62.6 Å². The fourth-order valence-corrected chi connectivity index (χ4v) is 5.73. The zero-order chi connectivity index (χ0) is 22.8. The molecule has 1 aliphatic heterocycles. The van der Waals surface area contributed by atoms with Crippen molar-refractivity contribution >= 4 is 35.8 Å². The number of aromatic nitrogens is 1. The summed E-state index contributed by atoms with van der Waals surface area (Å²) >= 11 is 0. The number of likely N-dealkylation sites (tertiary alicyclic amines) is 1. The highest BCUT2D eigenvalue weighted by atomic mass is 35.5. The van der Waals surface area contributed by atoms with Crippen molar-refractivity contribution in [2.24, 2.45) is 17.8 Å². The molecule has 1 saturated heterocycles. The molecular formula is C27H43Cl2N3O3. The molecule has 1 aromatic carbocycles. The molecule has 2 unspecified atom stereocenters. The fourth-order valence-electron chi connectivity index (χ4n) is 5.73. The van der Waals surface area contributed by atoms with E-state index >= 15 is 0 Å². The average molecular weight is 529 g/mol. The van der Waals surface area contributed by atoms with Crippen LogP contribution in [0.3, 0.4) is 0 Å². The zero-order valence-electron chi connectivity index (χ0n) is 21.3. The van der Waals surface area contributed by atoms with Crippen LogP contribution in [0.15, 0.2) is 16.7 Å². The number of hydrogen-bond acceptors (Lipinski definition) is 6. The number of aliphatic hydroxyl groups is 1. The van der Waals surface area contributed by atoms with Gasteiger partial charge < -0.3 is 24.2 Å². The maximum Gasteiger partial charge on any atom is 0.175 e. The molecule has 6 nitrogen and oxygen atoms in total. The molecule has 2 aliphatic carbocycles. The van der Waals surface area contributed by atoms with Crippen LogP contribution < -0.4 is 4.74 Å². The molecule has 0 bridgehead atoms. The maximum absolute atomic E-state index is 10.1. The summed E-state index contributed by atoms with van der Waals surface area (Å²) in [5.74, 6) is 2.93. The number of piperidine rings is 1. The average Bonchev–Trinajstić information content (AvgIpc) is 3.41. The number of nitrogens with zero attached hydrogens (tertiary/aromatic N) is 3. The zero-order valence-corrected chi connectivity index (χ0v) is 22.9. The highest BCUT2D eigenvalue weighted by Crippen LogP contribution is 2.35. The van der Waals surface area contributed by atoms with E-state index in [0.29, 0.717) is 5.92 Å². The summed E-state index contributed by atoms with van der Waals surface area (Å²) in [7, 11) is 4.17. The lowest BCUT2D eigenvalue weighted by Crippen LogP contribution is -2.38. The second-order valence-corrected chi connectivity index (χ2v) is 11.1. The first kappa shape index (κ1) is 28.5. The SMILES string of the molecule is CN(C)Cc1c(OCC2CC2)ccc2c(CCC3CCN(CC4CCCC4O)CC3)noc12.Cl.Cl. The topological polar surface area (TPSA) is 62.0 Å². The Morgan fingerprint density at radius 1 is 1.06 bits per heavy atom. The summed E-state index contributed by atoms with van der Waals surface area (Å²) in [6.07, 6.45) is 10.6. The van der Waals surface area contributed by atoms with Crippen LogP contribution in [0.2, 0.25) is 0 Å². The number of rotatable bonds is 10. The number of fused-ring (bicyclic) bond motifs is 1. The Labute approximate surface area is 222 Å². The molecule has 3 aliphatic rings. The van der Waals surface area contributed by atoms with Crippen LogP contribution in [-0.4, -0.2) is 66.5 Å². The first-order chi connectivity index (χ1) is 16.1. The first-order valence-electron chi connectivity index (χ1n) is 13.1. The van der Waals surface area contributed by atoms with Crippen molar-refractivity contribution in [1.82, 2.24) is 15.0 Å². The van der Waals surface area contributed by atoms with E-state index < -0.39 is 0 Å².